The highest BCUT2D eigenvalue weighted by molar-refractivity contribution is 7.47. The first-order valence-corrected chi connectivity index (χ1v) is 37.4. The number of aliphatic carboxylic acids is 1. The first-order valence-electron chi connectivity index (χ1n) is 34.4. The number of benzene rings is 4. The number of hydrogen-bond acceptors (Lipinski definition) is 20. The van der Waals surface area contributed by atoms with E-state index in [1.807, 2.05) is 78.9 Å². The highest BCUT2D eigenvalue weighted by Crippen LogP contribution is 2.44. The molecule has 0 heterocycles. The lowest BCUT2D eigenvalue weighted by Crippen LogP contribution is -2.51. The first-order chi connectivity index (χ1) is 48.3. The molecule has 0 radical (unpaired) electrons. The minimum Gasteiger partial charge on any atom is -0.481 e. The lowest BCUT2D eigenvalue weighted by atomic mass is 9.96. The van der Waals surface area contributed by atoms with Gasteiger partial charge in [0.2, 0.25) is 23.6 Å². The van der Waals surface area contributed by atoms with Crippen LogP contribution in [-0.4, -0.2) is 143 Å². The van der Waals surface area contributed by atoms with Gasteiger partial charge in [-0.05, 0) is 139 Å². The summed E-state index contributed by atoms with van der Waals surface area (Å²) in [5, 5.41) is 21.8. The van der Waals surface area contributed by atoms with Crippen molar-refractivity contribution in [1.29, 1.82) is 0 Å². The second-order valence-electron chi connectivity index (χ2n) is 27.6. The van der Waals surface area contributed by atoms with Gasteiger partial charge in [0, 0.05) is 25.9 Å². The van der Waals surface area contributed by atoms with Gasteiger partial charge in [-0.1, -0.05) is 137 Å². The molecule has 0 bridgehead atoms. The molecule has 28 nitrogen and oxygen atoms in total. The van der Waals surface area contributed by atoms with Crippen LogP contribution in [0.3, 0.4) is 0 Å². The van der Waals surface area contributed by atoms with Crippen LogP contribution in [0.25, 0.3) is 0 Å². The summed E-state index contributed by atoms with van der Waals surface area (Å²) in [4.78, 5) is 134. The van der Waals surface area contributed by atoms with Crippen LogP contribution >= 0.6 is 15.6 Å². The molecule has 8 atom stereocenters. The zero-order valence-corrected chi connectivity index (χ0v) is 63.1. The fourth-order valence-electron chi connectivity index (χ4n) is 9.44. The van der Waals surface area contributed by atoms with Crippen LogP contribution in [0, 0.1) is 11.8 Å². The number of carbonyl (C=O) groups is 9. The number of carboxylic acid groups (broad SMARTS) is 1. The van der Waals surface area contributed by atoms with Gasteiger partial charge in [0.15, 0.2) is 0 Å². The van der Waals surface area contributed by atoms with Gasteiger partial charge in [-0.15, -0.1) is 0 Å². The smallest absolute Gasteiger partial charge is 0.472 e. The normalized spacial score (nSPS) is 14.4. The Bertz CT molecular complexity index is 3390. The van der Waals surface area contributed by atoms with Crippen molar-refractivity contribution in [1.82, 2.24) is 26.6 Å². The molecule has 0 aliphatic carbocycles. The van der Waals surface area contributed by atoms with Gasteiger partial charge < -0.3 is 66.2 Å². The number of phosphoric ester groups is 2. The third-order valence-electron chi connectivity index (χ3n) is 14.7. The molecular weight excluding hydrogens is 1370 g/mol. The zero-order valence-electron chi connectivity index (χ0n) is 61.3. The summed E-state index contributed by atoms with van der Waals surface area (Å²) in [5.41, 5.74) is 9.48. The standard InChI is InChI=1S/C44H60N3O12P.C29H48N3O10P/c1-31(2)25-33-20-22-36(23-21-33)32(3)41(50)45-27-37(30-58-60(53,54)57-24-14-13-19-40(49)55-28-34-15-9-7-10-16-34)46-39(48)26-38(42(51)59-44(4,5)6)47-43(52)56-29-35-17-11-8-12-18-35;1-19(2)15-21-10-12-22(13-11-21)20(3)27(36)31-17-23(18-41-43(38,39)40-14-8-7-9-26(34)35)32-25(33)16-24(30)28(37)42-29(4,5)6/h7-12,15-18,20-23,31-32,37-38H,13-14,19,24-30H2,1-6H3,(H,45,50)(H,46,48)(H,47,52)(H,53,54);10-13,19-20,23-24H,7-9,14-18,30H2,1-6H3,(H,31,36)(H,32,33)(H,34,35)(H,38,39)/t32-,37+,38+;20-,23+,24+/m00/s1. The van der Waals surface area contributed by atoms with E-state index in [0.29, 0.717) is 23.8 Å². The Morgan fingerprint density at radius 3 is 1.29 bits per heavy atom. The molecule has 4 aromatic carbocycles. The predicted molar refractivity (Wildman–Crippen MR) is 384 cm³/mol. The van der Waals surface area contributed by atoms with Crippen molar-refractivity contribution in [3.8, 4) is 0 Å². The second-order valence-corrected chi connectivity index (χ2v) is 30.5. The molecule has 2 unspecified atom stereocenters. The van der Waals surface area contributed by atoms with Crippen LogP contribution in [0.4, 0.5) is 4.79 Å². The summed E-state index contributed by atoms with van der Waals surface area (Å²) in [6.45, 7) is 19.9. The Labute approximate surface area is 604 Å². The number of phosphoric acid groups is 2. The minimum atomic E-state index is -4.68. The number of esters is 3. The molecule has 0 aliphatic rings. The Balaban J connectivity index is 0.000000567. The van der Waals surface area contributed by atoms with E-state index in [9.17, 15) is 62.1 Å². The van der Waals surface area contributed by atoms with Crippen LogP contribution in [0.15, 0.2) is 109 Å². The average molecular weight is 1480 g/mol. The van der Waals surface area contributed by atoms with Gasteiger partial charge in [-0.2, -0.15) is 0 Å². The fourth-order valence-corrected chi connectivity index (χ4v) is 11.0. The lowest BCUT2D eigenvalue weighted by molar-refractivity contribution is -0.158. The molecule has 0 spiro atoms. The average Bonchev–Trinajstić information content (AvgIpc) is 0.862. The number of unbranched alkanes of at least 4 members (excludes halogenated alkanes) is 2. The molecule has 10 N–H and O–H groups in total. The van der Waals surface area contributed by atoms with E-state index in [1.165, 1.54) is 0 Å². The molecule has 30 heteroatoms. The maximum atomic E-state index is 13.5. The molecule has 4 rings (SSSR count). The number of hydrogen-bond donors (Lipinski definition) is 9. The number of carboxylic acids is 1. The Morgan fingerprint density at radius 1 is 0.485 bits per heavy atom. The zero-order chi connectivity index (χ0) is 76.9. The molecule has 0 aromatic heterocycles. The molecular formula is C73H108N6O22P2. The van der Waals surface area contributed by atoms with Gasteiger partial charge in [0.05, 0.1) is 63.2 Å². The van der Waals surface area contributed by atoms with Gasteiger partial charge in [0.25, 0.3) is 0 Å². The second kappa shape index (κ2) is 45.3. The van der Waals surface area contributed by atoms with Crippen molar-refractivity contribution in [3.05, 3.63) is 143 Å². The first kappa shape index (κ1) is 89.3. The summed E-state index contributed by atoms with van der Waals surface area (Å²) < 4.78 is 66.6. The predicted octanol–water partition coefficient (Wildman–Crippen LogP) is 9.70. The van der Waals surface area contributed by atoms with Crippen molar-refractivity contribution in [2.45, 2.75) is 208 Å². The van der Waals surface area contributed by atoms with Crippen LogP contribution in [0.1, 0.15) is 180 Å². The van der Waals surface area contributed by atoms with E-state index in [-0.39, 0.29) is 83.4 Å². The van der Waals surface area contributed by atoms with Crippen LogP contribution < -0.4 is 32.3 Å². The molecule has 0 aliphatic heterocycles. The highest BCUT2D eigenvalue weighted by Gasteiger charge is 2.33. The number of alkyl carbamates (subject to hydrolysis) is 1. The largest absolute Gasteiger partial charge is 0.481 e. The topological polar surface area (TPSA) is 408 Å². The van der Waals surface area contributed by atoms with Crippen molar-refractivity contribution >= 4 is 69.2 Å². The molecule has 0 saturated carbocycles. The highest BCUT2D eigenvalue weighted by atomic mass is 31.2. The summed E-state index contributed by atoms with van der Waals surface area (Å²) in [5.74, 6) is -5.40. The quantitative estimate of drug-likeness (QED) is 0.00861. The van der Waals surface area contributed by atoms with Gasteiger partial charge in [-0.25, -0.2) is 18.7 Å². The van der Waals surface area contributed by atoms with Crippen molar-refractivity contribution in [3.63, 3.8) is 0 Å². The monoisotopic (exact) mass is 1480 g/mol. The van der Waals surface area contributed by atoms with E-state index in [0.717, 1.165) is 40.7 Å². The van der Waals surface area contributed by atoms with Crippen LogP contribution in [-0.2, 0) is 111 Å². The third-order valence-corrected chi connectivity index (χ3v) is 16.7. The maximum absolute atomic E-state index is 13.5. The van der Waals surface area contributed by atoms with Gasteiger partial charge >= 0.3 is 45.6 Å². The fraction of sp³-hybridized carbons (Fsp3) is 0.548. The summed E-state index contributed by atoms with van der Waals surface area (Å²) >= 11 is 0. The molecule has 572 valence electrons. The Hall–Kier alpha value is -7.91. The molecule has 103 heavy (non-hydrogen) atoms. The molecule has 0 fully saturated rings. The van der Waals surface area contributed by atoms with Gasteiger partial charge in [0.1, 0.15) is 36.5 Å². The number of nitrogens with two attached hydrogens (primary N) is 1. The third kappa shape index (κ3) is 40.7. The van der Waals surface area contributed by atoms with Crippen molar-refractivity contribution in [2.75, 3.05) is 39.5 Å². The van der Waals surface area contributed by atoms with Crippen molar-refractivity contribution in [2.24, 2.45) is 17.6 Å². The van der Waals surface area contributed by atoms with E-state index in [1.54, 1.807) is 85.7 Å². The number of carbonyl (C=O) groups excluding carboxylic acids is 8. The van der Waals surface area contributed by atoms with E-state index < -0.39 is 131 Å². The van der Waals surface area contributed by atoms with E-state index >= 15 is 0 Å². The SMILES string of the molecule is CC(C)Cc1ccc([C@H](C)C(=O)NC[C@H](COP(=O)(O)OCCCCC(=O)O)NC(=O)C[C@@H](N)C(=O)OC(C)(C)C)cc1.CC(C)Cc1ccc([C@H](C)C(=O)NC[C@H](COP(=O)(O)OCCCCC(=O)OCc2ccccc2)NC(=O)C[C@@H](NC(=O)OCc2ccccc2)C(=O)OC(C)(C)C)cc1. The van der Waals surface area contributed by atoms with Crippen molar-refractivity contribution < 1.29 is 104 Å². The number of nitrogens with one attached hydrogen (secondary N) is 5. The van der Waals surface area contributed by atoms with E-state index in [2.05, 4.69) is 54.3 Å². The molecule has 4 aromatic rings. The van der Waals surface area contributed by atoms with Gasteiger partial charge in [-0.3, -0.25) is 51.7 Å². The number of ether oxygens (including phenoxy) is 4. The summed E-state index contributed by atoms with van der Waals surface area (Å²) in [6, 6.07) is 28.7. The molecule has 0 saturated heterocycles. The Morgan fingerprint density at radius 2 is 0.883 bits per heavy atom. The van der Waals surface area contributed by atoms with Crippen LogP contribution in [0.2, 0.25) is 0 Å². The maximum Gasteiger partial charge on any atom is 0.472 e. The number of rotatable bonds is 43. The van der Waals surface area contributed by atoms with E-state index in [4.69, 9.17) is 47.9 Å². The minimum absolute atomic E-state index is 0.0744. The summed E-state index contributed by atoms with van der Waals surface area (Å²) in [7, 11) is -9.24. The summed E-state index contributed by atoms with van der Waals surface area (Å²) in [6.07, 6.45) is 0.788. The number of amides is 5. The van der Waals surface area contributed by atoms with Crippen LogP contribution in [0.5, 0.6) is 0 Å². The molecule has 5 amide bonds. The Kier molecular flexibility index (Phi) is 39.3. The lowest BCUT2D eigenvalue weighted by Gasteiger charge is -2.25.